The van der Waals surface area contributed by atoms with E-state index in [0.717, 1.165) is 33.2 Å². The molecule has 72 valence electrons. The number of pyridine rings is 1. The Hall–Kier alpha value is -0.600. The smallest absolute Gasteiger partial charge is 0.0749 e. The number of rotatable bonds is 2. The first-order valence-electron chi connectivity index (χ1n) is 4.41. The third kappa shape index (κ3) is 1.77. The second-order valence-corrected chi connectivity index (χ2v) is 4.24. The number of halogens is 2. The highest BCUT2D eigenvalue weighted by atomic mass is 79.9. The molecule has 0 fully saturated rings. The predicted octanol–water partition coefficient (Wildman–Crippen LogP) is 3.83. The Labute approximate surface area is 96.2 Å². The van der Waals surface area contributed by atoms with Crippen LogP contribution in [0.5, 0.6) is 0 Å². The first-order chi connectivity index (χ1) is 6.83. The number of fused-ring (bicyclic) bond motifs is 1. The van der Waals surface area contributed by atoms with E-state index in [2.05, 4.69) is 27.0 Å². The van der Waals surface area contributed by atoms with Gasteiger partial charge in [-0.2, -0.15) is 0 Å². The van der Waals surface area contributed by atoms with Crippen molar-refractivity contribution in [3.05, 3.63) is 41.0 Å². The van der Waals surface area contributed by atoms with Gasteiger partial charge in [0.15, 0.2) is 0 Å². The predicted molar refractivity (Wildman–Crippen MR) is 64.3 cm³/mol. The molecule has 2 rings (SSSR count). The highest BCUT2D eigenvalue weighted by molar-refractivity contribution is 9.09. The molecule has 1 aromatic heterocycles. The minimum atomic E-state index is 0.802. The molecular weight excluding hydrogens is 261 g/mol. The summed E-state index contributed by atoms with van der Waals surface area (Å²) in [6.07, 6.45) is 2.71. The molecule has 1 nitrogen and oxygen atoms in total. The fourth-order valence-corrected chi connectivity index (χ4v) is 2.16. The quantitative estimate of drug-likeness (QED) is 0.756. The summed E-state index contributed by atoms with van der Waals surface area (Å²) >= 11 is 9.54. The first-order valence-corrected chi connectivity index (χ1v) is 5.91. The zero-order chi connectivity index (χ0) is 9.97. The number of hydrogen-bond acceptors (Lipinski definition) is 1. The largest absolute Gasteiger partial charge is 0.256 e. The van der Waals surface area contributed by atoms with Crippen LogP contribution in [0.3, 0.4) is 0 Å². The summed E-state index contributed by atoms with van der Waals surface area (Å²) < 4.78 is 0. The normalized spacial score (nSPS) is 10.7. The summed E-state index contributed by atoms with van der Waals surface area (Å²) in [5.41, 5.74) is 2.14. The van der Waals surface area contributed by atoms with Crippen molar-refractivity contribution < 1.29 is 0 Å². The van der Waals surface area contributed by atoms with Crippen molar-refractivity contribution in [2.24, 2.45) is 0 Å². The molecule has 0 aliphatic heterocycles. The van der Waals surface area contributed by atoms with Crippen molar-refractivity contribution in [2.45, 2.75) is 6.42 Å². The number of aryl methyl sites for hydroxylation is 1. The number of hydrogen-bond donors (Lipinski definition) is 0. The van der Waals surface area contributed by atoms with Gasteiger partial charge in [-0.05, 0) is 24.1 Å². The highest BCUT2D eigenvalue weighted by Gasteiger charge is 2.05. The highest BCUT2D eigenvalue weighted by Crippen LogP contribution is 2.25. The second kappa shape index (κ2) is 4.28. The van der Waals surface area contributed by atoms with Gasteiger partial charge in [-0.3, -0.25) is 4.98 Å². The van der Waals surface area contributed by atoms with Crippen LogP contribution in [0.1, 0.15) is 5.56 Å². The lowest BCUT2D eigenvalue weighted by Crippen LogP contribution is -1.91. The molecule has 0 saturated carbocycles. The second-order valence-electron chi connectivity index (χ2n) is 3.04. The van der Waals surface area contributed by atoms with Gasteiger partial charge in [0, 0.05) is 21.9 Å². The fraction of sp³-hybridized carbons (Fsp3) is 0.182. The molecule has 0 aliphatic rings. The van der Waals surface area contributed by atoms with E-state index in [1.54, 1.807) is 6.20 Å². The summed E-state index contributed by atoms with van der Waals surface area (Å²) in [5.74, 6) is 0. The summed E-state index contributed by atoms with van der Waals surface area (Å²) in [6.45, 7) is 0. The Kier molecular flexibility index (Phi) is 3.04. The van der Waals surface area contributed by atoms with Gasteiger partial charge in [0.2, 0.25) is 0 Å². The van der Waals surface area contributed by atoms with Crippen molar-refractivity contribution in [2.75, 3.05) is 5.33 Å². The van der Waals surface area contributed by atoms with Crippen LogP contribution in [-0.4, -0.2) is 10.3 Å². The van der Waals surface area contributed by atoms with Crippen LogP contribution < -0.4 is 0 Å². The lowest BCUT2D eigenvalue weighted by atomic mass is 10.1. The van der Waals surface area contributed by atoms with E-state index in [1.165, 1.54) is 0 Å². The van der Waals surface area contributed by atoms with E-state index >= 15 is 0 Å². The first kappa shape index (κ1) is 9.94. The SMILES string of the molecule is Clc1ccc2cccnc2c1CCBr. The van der Waals surface area contributed by atoms with Crippen molar-refractivity contribution in [3.8, 4) is 0 Å². The average molecular weight is 271 g/mol. The summed E-state index contributed by atoms with van der Waals surface area (Å²) in [5, 5.41) is 2.85. The fourth-order valence-electron chi connectivity index (χ4n) is 1.51. The zero-order valence-corrected chi connectivity index (χ0v) is 9.85. The van der Waals surface area contributed by atoms with Gasteiger partial charge in [-0.15, -0.1) is 0 Å². The topological polar surface area (TPSA) is 12.9 Å². The summed E-state index contributed by atoms with van der Waals surface area (Å²) in [4.78, 5) is 4.36. The Morgan fingerprint density at radius 3 is 2.93 bits per heavy atom. The van der Waals surface area contributed by atoms with Crippen LogP contribution in [0.25, 0.3) is 10.9 Å². The molecule has 0 atom stereocenters. The Morgan fingerprint density at radius 1 is 1.29 bits per heavy atom. The number of nitrogens with zero attached hydrogens (tertiary/aromatic N) is 1. The molecule has 14 heavy (non-hydrogen) atoms. The average Bonchev–Trinajstić information content (AvgIpc) is 2.23. The maximum absolute atomic E-state index is 6.12. The van der Waals surface area contributed by atoms with Crippen LogP contribution in [0.2, 0.25) is 5.02 Å². The van der Waals surface area contributed by atoms with E-state index in [1.807, 2.05) is 18.2 Å². The maximum Gasteiger partial charge on any atom is 0.0749 e. The van der Waals surface area contributed by atoms with Crippen molar-refractivity contribution >= 4 is 38.4 Å². The van der Waals surface area contributed by atoms with Gasteiger partial charge in [-0.1, -0.05) is 39.7 Å². The molecule has 1 heterocycles. The molecule has 3 heteroatoms. The monoisotopic (exact) mass is 269 g/mol. The van der Waals surface area contributed by atoms with Gasteiger partial charge in [-0.25, -0.2) is 0 Å². The Bertz CT molecular complexity index is 456. The van der Waals surface area contributed by atoms with Gasteiger partial charge in [0.05, 0.1) is 5.52 Å². The molecule has 1 aromatic carbocycles. The van der Waals surface area contributed by atoms with Crippen LogP contribution in [0.4, 0.5) is 0 Å². The molecule has 0 amide bonds. The van der Waals surface area contributed by atoms with E-state index < -0.39 is 0 Å². The lowest BCUT2D eigenvalue weighted by molar-refractivity contribution is 1.17. The number of aromatic nitrogens is 1. The van der Waals surface area contributed by atoms with Crippen LogP contribution in [0.15, 0.2) is 30.5 Å². The third-order valence-corrected chi connectivity index (χ3v) is 2.92. The minimum Gasteiger partial charge on any atom is -0.256 e. The molecule has 0 radical (unpaired) electrons. The van der Waals surface area contributed by atoms with E-state index in [9.17, 15) is 0 Å². The van der Waals surface area contributed by atoms with Gasteiger partial charge in [0.25, 0.3) is 0 Å². The number of benzene rings is 1. The molecule has 0 unspecified atom stereocenters. The van der Waals surface area contributed by atoms with Crippen molar-refractivity contribution in [1.29, 1.82) is 0 Å². The molecule has 0 aliphatic carbocycles. The molecule has 0 spiro atoms. The van der Waals surface area contributed by atoms with E-state index in [-0.39, 0.29) is 0 Å². The van der Waals surface area contributed by atoms with Gasteiger partial charge < -0.3 is 0 Å². The van der Waals surface area contributed by atoms with E-state index in [4.69, 9.17) is 11.6 Å². The zero-order valence-electron chi connectivity index (χ0n) is 7.50. The van der Waals surface area contributed by atoms with Crippen LogP contribution >= 0.6 is 27.5 Å². The molecule has 0 bridgehead atoms. The van der Waals surface area contributed by atoms with E-state index in [0.29, 0.717) is 0 Å². The Morgan fingerprint density at radius 2 is 2.14 bits per heavy atom. The summed E-state index contributed by atoms with van der Waals surface area (Å²) in [7, 11) is 0. The third-order valence-electron chi connectivity index (χ3n) is 2.17. The van der Waals surface area contributed by atoms with Crippen molar-refractivity contribution in [1.82, 2.24) is 4.98 Å². The Balaban J connectivity index is 2.69. The standard InChI is InChI=1S/C11H9BrClN/c12-6-5-9-10(13)4-3-8-2-1-7-14-11(8)9/h1-4,7H,5-6H2. The minimum absolute atomic E-state index is 0.802. The maximum atomic E-state index is 6.12. The molecule has 0 N–H and O–H groups in total. The van der Waals surface area contributed by atoms with Gasteiger partial charge >= 0.3 is 0 Å². The van der Waals surface area contributed by atoms with Crippen LogP contribution in [0, 0.1) is 0 Å². The number of alkyl halides is 1. The van der Waals surface area contributed by atoms with Crippen molar-refractivity contribution in [3.63, 3.8) is 0 Å². The summed E-state index contributed by atoms with van der Waals surface area (Å²) in [6, 6.07) is 7.93. The molecule has 0 saturated heterocycles. The van der Waals surface area contributed by atoms with Crippen LogP contribution in [-0.2, 0) is 6.42 Å². The van der Waals surface area contributed by atoms with Gasteiger partial charge in [0.1, 0.15) is 0 Å². The molecular formula is C11H9BrClN. The molecule has 2 aromatic rings. The lowest BCUT2D eigenvalue weighted by Gasteiger charge is -2.05.